The van der Waals surface area contributed by atoms with E-state index in [1.807, 2.05) is 6.92 Å². The van der Waals surface area contributed by atoms with E-state index in [9.17, 15) is 9.59 Å². The third-order valence-corrected chi connectivity index (χ3v) is 2.98. The zero-order valence-electron chi connectivity index (χ0n) is 12.0. The predicted molar refractivity (Wildman–Crippen MR) is 78.5 cm³/mol. The van der Waals surface area contributed by atoms with Gasteiger partial charge in [0.05, 0.1) is 12.6 Å². The lowest BCUT2D eigenvalue weighted by Gasteiger charge is -2.06. The standard InChI is InChI=1S/C14H18N4O3/c1-3-4-8-15-14(20)16-12-11(13(19)21-2)10-7-5-6-9-18(10)17-12/h5-7,9H,3-4,8H2,1-2H3,(H2,15,16,17,20). The van der Waals surface area contributed by atoms with E-state index in [0.29, 0.717) is 12.1 Å². The highest BCUT2D eigenvalue weighted by Crippen LogP contribution is 2.21. The van der Waals surface area contributed by atoms with E-state index in [0.717, 1.165) is 12.8 Å². The lowest BCUT2D eigenvalue weighted by atomic mass is 10.2. The number of anilines is 1. The summed E-state index contributed by atoms with van der Waals surface area (Å²) in [6.45, 7) is 2.61. The first-order chi connectivity index (χ1) is 10.2. The lowest BCUT2D eigenvalue weighted by Crippen LogP contribution is -2.30. The number of nitrogens with one attached hydrogen (secondary N) is 2. The third kappa shape index (κ3) is 3.31. The minimum absolute atomic E-state index is 0.182. The molecule has 0 spiro atoms. The van der Waals surface area contributed by atoms with Crippen LogP contribution in [0.5, 0.6) is 0 Å². The highest BCUT2D eigenvalue weighted by molar-refractivity contribution is 6.05. The van der Waals surface area contributed by atoms with Gasteiger partial charge in [0.15, 0.2) is 5.82 Å². The van der Waals surface area contributed by atoms with Crippen molar-refractivity contribution in [1.82, 2.24) is 14.9 Å². The summed E-state index contributed by atoms with van der Waals surface area (Å²) in [7, 11) is 1.29. The van der Waals surface area contributed by atoms with Crippen molar-refractivity contribution in [3.8, 4) is 0 Å². The molecule has 0 fully saturated rings. The Morgan fingerprint density at radius 2 is 2.19 bits per heavy atom. The number of unbranched alkanes of at least 4 members (excludes halogenated alkanes) is 1. The smallest absolute Gasteiger partial charge is 0.343 e. The average Bonchev–Trinajstić information content (AvgIpc) is 2.84. The van der Waals surface area contributed by atoms with E-state index >= 15 is 0 Å². The normalized spacial score (nSPS) is 10.4. The maximum atomic E-state index is 11.9. The van der Waals surface area contributed by atoms with Crippen molar-refractivity contribution in [1.29, 1.82) is 0 Å². The minimum Gasteiger partial charge on any atom is -0.465 e. The van der Waals surface area contributed by atoms with Crippen LogP contribution in [0.3, 0.4) is 0 Å². The quantitative estimate of drug-likeness (QED) is 0.652. The number of carbonyl (C=O) groups excluding carboxylic acids is 2. The molecule has 0 bridgehead atoms. The van der Waals surface area contributed by atoms with Crippen LogP contribution in [-0.4, -0.2) is 35.3 Å². The summed E-state index contributed by atoms with van der Waals surface area (Å²) >= 11 is 0. The molecule has 0 aliphatic carbocycles. The molecular weight excluding hydrogens is 272 g/mol. The van der Waals surface area contributed by atoms with Crippen LogP contribution in [0.15, 0.2) is 24.4 Å². The van der Waals surface area contributed by atoms with Crippen LogP contribution in [0.4, 0.5) is 10.6 Å². The zero-order valence-corrected chi connectivity index (χ0v) is 12.0. The molecule has 2 heterocycles. The third-order valence-electron chi connectivity index (χ3n) is 2.98. The number of fused-ring (bicyclic) bond motifs is 1. The van der Waals surface area contributed by atoms with Gasteiger partial charge < -0.3 is 10.1 Å². The van der Waals surface area contributed by atoms with Gasteiger partial charge in [0, 0.05) is 12.7 Å². The number of nitrogens with zero attached hydrogens (tertiary/aromatic N) is 2. The molecule has 21 heavy (non-hydrogen) atoms. The van der Waals surface area contributed by atoms with Crippen molar-refractivity contribution >= 4 is 23.3 Å². The van der Waals surface area contributed by atoms with E-state index in [4.69, 9.17) is 4.74 Å². The number of ether oxygens (including phenoxy) is 1. The van der Waals surface area contributed by atoms with Gasteiger partial charge in [-0.05, 0) is 18.6 Å². The van der Waals surface area contributed by atoms with E-state index in [1.165, 1.54) is 11.6 Å². The Morgan fingerprint density at radius 1 is 1.38 bits per heavy atom. The van der Waals surface area contributed by atoms with Crippen molar-refractivity contribution in [2.24, 2.45) is 0 Å². The Morgan fingerprint density at radius 3 is 2.90 bits per heavy atom. The van der Waals surface area contributed by atoms with Gasteiger partial charge >= 0.3 is 12.0 Å². The molecule has 0 saturated carbocycles. The molecule has 112 valence electrons. The fraction of sp³-hybridized carbons (Fsp3) is 0.357. The number of hydrogen-bond acceptors (Lipinski definition) is 4. The number of urea groups is 1. The maximum absolute atomic E-state index is 11.9. The first-order valence-electron chi connectivity index (χ1n) is 6.78. The zero-order chi connectivity index (χ0) is 15.2. The molecule has 2 amide bonds. The van der Waals surface area contributed by atoms with Crippen molar-refractivity contribution in [2.75, 3.05) is 19.0 Å². The Balaban J connectivity index is 2.26. The predicted octanol–water partition coefficient (Wildman–Crippen LogP) is 2.04. The molecule has 0 saturated heterocycles. The lowest BCUT2D eigenvalue weighted by molar-refractivity contribution is 0.0604. The van der Waals surface area contributed by atoms with E-state index in [-0.39, 0.29) is 11.4 Å². The van der Waals surface area contributed by atoms with E-state index in [2.05, 4.69) is 15.7 Å². The highest BCUT2D eigenvalue weighted by Gasteiger charge is 2.21. The SMILES string of the molecule is CCCCNC(=O)Nc1nn2ccccc2c1C(=O)OC. The number of rotatable bonds is 5. The topological polar surface area (TPSA) is 84.7 Å². The molecule has 7 heteroatoms. The molecule has 0 atom stereocenters. The van der Waals surface area contributed by atoms with Crippen LogP contribution in [-0.2, 0) is 4.74 Å². The van der Waals surface area contributed by atoms with Crippen LogP contribution in [0.2, 0.25) is 0 Å². The highest BCUT2D eigenvalue weighted by atomic mass is 16.5. The number of hydrogen-bond donors (Lipinski definition) is 2. The molecule has 0 radical (unpaired) electrons. The fourth-order valence-corrected chi connectivity index (χ4v) is 1.92. The first-order valence-corrected chi connectivity index (χ1v) is 6.78. The van der Waals surface area contributed by atoms with Crippen molar-refractivity contribution in [3.63, 3.8) is 0 Å². The molecule has 0 unspecified atom stereocenters. The van der Waals surface area contributed by atoms with Crippen molar-refractivity contribution in [3.05, 3.63) is 30.0 Å². The summed E-state index contributed by atoms with van der Waals surface area (Å²) in [5.41, 5.74) is 0.817. The van der Waals surface area contributed by atoms with Gasteiger partial charge in [-0.2, -0.15) is 0 Å². The van der Waals surface area contributed by atoms with Crippen LogP contribution >= 0.6 is 0 Å². The monoisotopic (exact) mass is 290 g/mol. The van der Waals surface area contributed by atoms with Gasteiger partial charge in [-0.15, -0.1) is 5.10 Å². The van der Waals surface area contributed by atoms with Crippen LogP contribution in [0.1, 0.15) is 30.1 Å². The second-order valence-corrected chi connectivity index (χ2v) is 4.48. The Kier molecular flexibility index (Phi) is 4.76. The summed E-state index contributed by atoms with van der Waals surface area (Å²) in [5, 5.41) is 9.49. The van der Waals surface area contributed by atoms with Gasteiger partial charge in [-0.1, -0.05) is 19.4 Å². The van der Waals surface area contributed by atoms with Crippen LogP contribution in [0.25, 0.3) is 5.52 Å². The summed E-state index contributed by atoms with van der Waals surface area (Å²) in [5.74, 6) is -0.359. The molecule has 2 aromatic heterocycles. The number of methoxy groups -OCH3 is 1. The van der Waals surface area contributed by atoms with E-state index in [1.54, 1.807) is 24.4 Å². The maximum Gasteiger partial charge on any atom is 0.343 e. The van der Waals surface area contributed by atoms with Gasteiger partial charge in [-0.25, -0.2) is 14.1 Å². The van der Waals surface area contributed by atoms with Crippen molar-refractivity contribution < 1.29 is 14.3 Å². The molecule has 2 aromatic rings. The van der Waals surface area contributed by atoms with Gasteiger partial charge in [0.1, 0.15) is 5.56 Å². The summed E-state index contributed by atoms with van der Waals surface area (Å²) < 4.78 is 6.28. The largest absolute Gasteiger partial charge is 0.465 e. The molecule has 2 N–H and O–H groups in total. The summed E-state index contributed by atoms with van der Waals surface area (Å²) in [6, 6.07) is 4.91. The van der Waals surface area contributed by atoms with Crippen molar-refractivity contribution in [2.45, 2.75) is 19.8 Å². The summed E-state index contributed by atoms with van der Waals surface area (Å²) in [4.78, 5) is 23.7. The Hall–Kier alpha value is -2.57. The molecule has 2 rings (SSSR count). The number of amides is 2. The summed E-state index contributed by atoms with van der Waals surface area (Å²) in [6.07, 6.45) is 3.58. The Bertz CT molecular complexity index is 651. The second kappa shape index (κ2) is 6.74. The second-order valence-electron chi connectivity index (χ2n) is 4.48. The first kappa shape index (κ1) is 14.8. The van der Waals surface area contributed by atoms with Gasteiger partial charge in [0.2, 0.25) is 0 Å². The van der Waals surface area contributed by atoms with Crippen LogP contribution < -0.4 is 10.6 Å². The van der Waals surface area contributed by atoms with E-state index < -0.39 is 12.0 Å². The molecule has 7 nitrogen and oxygen atoms in total. The number of esters is 1. The van der Waals surface area contributed by atoms with Gasteiger partial charge in [0.25, 0.3) is 0 Å². The minimum atomic E-state index is -0.542. The molecule has 0 aromatic carbocycles. The number of carbonyl (C=O) groups is 2. The average molecular weight is 290 g/mol. The van der Waals surface area contributed by atoms with Gasteiger partial charge in [-0.3, -0.25) is 5.32 Å². The fourth-order valence-electron chi connectivity index (χ4n) is 1.92. The van der Waals surface area contributed by atoms with Crippen LogP contribution in [0, 0.1) is 0 Å². The molecule has 0 aliphatic heterocycles. The number of aromatic nitrogens is 2. The molecule has 0 aliphatic rings. The number of pyridine rings is 1. The Labute approximate surface area is 122 Å². The molecular formula is C14H18N4O3.